The van der Waals surface area contributed by atoms with Crippen LogP contribution in [0.2, 0.25) is 10.2 Å². The van der Waals surface area contributed by atoms with Gasteiger partial charge in [0.1, 0.15) is 87.3 Å². The van der Waals surface area contributed by atoms with E-state index in [1.807, 2.05) is 134 Å². The number of aryl methyl sites for hydroxylation is 9. The van der Waals surface area contributed by atoms with Crippen LogP contribution in [0, 0.1) is 85.7 Å². The molecule has 0 aliphatic heterocycles. The fraction of sp³-hybridized carbons (Fsp3) is 0.0857. The SMILES string of the molecule is Cc1cc(Br)cc(Cl)c1C=O.Cc1cc(Br)ccc1C=O.Cc1cc(Br)ccc1C=O.Cc1cc(Br)ccc1C=O.Cc1cc(Br)ccc1C=O.Cc1cc(Br)nc(Cl)c1C=O.Cc1cc(Br)nc(F)c1C=O.Cc1cc(Br)ncc1C=O.Cc1cc(Br)ncc1C=O.O=Cc1c(F)cc(Br)cc1F.O=Cc1ccc(Br)cc1.O=Cc1ccc(Br)cc1F.O=Cc1ccc(Br)nc1.O=Cc1cnc(Br)cn1.O=Cc1cnc(Br)nc1. The molecule has 0 unspecified atom stereocenters. The van der Waals surface area contributed by atoms with Crippen molar-refractivity contribution in [1.29, 1.82) is 0 Å². The summed E-state index contributed by atoms with van der Waals surface area (Å²) in [5, 5.41) is 0.735. The Balaban J connectivity index is 0.000000804. The van der Waals surface area contributed by atoms with Gasteiger partial charge in [-0.25, -0.2) is 58.0 Å². The summed E-state index contributed by atoms with van der Waals surface area (Å²) in [6, 6.07) is 49.8. The molecule has 0 bridgehead atoms. The molecule has 0 saturated carbocycles. The number of pyridine rings is 5. The summed E-state index contributed by atoms with van der Waals surface area (Å²) in [4.78, 5) is 187. The van der Waals surface area contributed by atoms with Crippen LogP contribution in [0.3, 0.4) is 0 Å². The monoisotopic (exact) mass is 3030 g/mol. The van der Waals surface area contributed by atoms with Gasteiger partial charge in [0, 0.05) is 117 Å². The number of carbonyl (C=O) groups is 15. The van der Waals surface area contributed by atoms with Gasteiger partial charge in [0.2, 0.25) is 5.95 Å². The smallest absolute Gasteiger partial charge is 0.224 e. The Labute approximate surface area is 996 Å². The zero-order chi connectivity index (χ0) is 113. The molecule has 24 nitrogen and oxygen atoms in total. The van der Waals surface area contributed by atoms with Gasteiger partial charge in [-0.3, -0.25) is 71.9 Å². The average molecular weight is 3050 g/mol. The number of aromatic nitrogens is 9. The van der Waals surface area contributed by atoms with Crippen LogP contribution >= 0.6 is 262 Å². The minimum absolute atomic E-state index is 0.0215. The highest BCUT2D eigenvalue weighted by atomic mass is 79.9. The molecule has 150 heavy (non-hydrogen) atoms. The zero-order valence-electron chi connectivity index (χ0n) is 79.0. The first-order chi connectivity index (χ1) is 71.0. The van der Waals surface area contributed by atoms with Crippen LogP contribution in [-0.4, -0.2) is 139 Å². The van der Waals surface area contributed by atoms with Gasteiger partial charge in [-0.2, -0.15) is 4.39 Å². The van der Waals surface area contributed by atoms with Crippen molar-refractivity contribution >= 4 is 356 Å². The van der Waals surface area contributed by atoms with Crippen molar-refractivity contribution in [2.45, 2.75) is 62.3 Å². The summed E-state index contributed by atoms with van der Waals surface area (Å²) in [6.45, 7) is 16.7. The van der Waals surface area contributed by atoms with Crippen LogP contribution in [0.1, 0.15) is 206 Å². The van der Waals surface area contributed by atoms with E-state index in [2.05, 4.69) is 284 Å². The highest BCUT2D eigenvalue weighted by Gasteiger charge is 2.12. The number of hydrogen-bond donors (Lipinski definition) is 0. The first kappa shape index (κ1) is 138. The Morgan fingerprint density at radius 2 is 0.527 bits per heavy atom. The number of nitrogens with zero attached hydrogens (tertiary/aromatic N) is 9. The van der Waals surface area contributed by atoms with Crippen LogP contribution in [0.15, 0.2) is 287 Å². The molecule has 0 aliphatic rings. The quantitative estimate of drug-likeness (QED) is 0.0398. The lowest BCUT2D eigenvalue weighted by atomic mass is 10.1. The molecule has 0 spiro atoms. The van der Waals surface area contributed by atoms with E-state index in [1.165, 1.54) is 43.1 Å². The lowest BCUT2D eigenvalue weighted by Crippen LogP contribution is -1.96. The van der Waals surface area contributed by atoms with Crippen LogP contribution in [0.25, 0.3) is 0 Å². The number of halogens is 21. The first-order valence-electron chi connectivity index (χ1n) is 41.2. The molecule has 7 aromatic heterocycles. The van der Waals surface area contributed by atoms with Crippen LogP contribution in [0.5, 0.6) is 0 Å². The molecule has 0 atom stereocenters. The molecule has 0 fully saturated rings. The minimum atomic E-state index is -0.855. The van der Waals surface area contributed by atoms with E-state index in [1.54, 1.807) is 92.1 Å². The van der Waals surface area contributed by atoms with E-state index >= 15 is 0 Å². The molecule has 780 valence electrons. The summed E-state index contributed by atoms with van der Waals surface area (Å²) in [5.74, 6) is -2.94. The second-order valence-electron chi connectivity index (χ2n) is 28.5. The van der Waals surface area contributed by atoms with Crippen molar-refractivity contribution in [2.75, 3.05) is 0 Å². The van der Waals surface area contributed by atoms with Crippen molar-refractivity contribution in [3.05, 3.63) is 455 Å². The van der Waals surface area contributed by atoms with Gasteiger partial charge in [-0.15, -0.1) is 0 Å². The third kappa shape index (κ3) is 56.2. The molecule has 7 heterocycles. The summed E-state index contributed by atoms with van der Waals surface area (Å²) >= 11 is 59.0. The fourth-order valence-electron chi connectivity index (χ4n) is 9.78. The highest BCUT2D eigenvalue weighted by molar-refractivity contribution is 9.12. The lowest BCUT2D eigenvalue weighted by Gasteiger charge is -2.00. The first-order valence-corrected chi connectivity index (χ1v) is 53.8. The summed E-state index contributed by atoms with van der Waals surface area (Å²) in [5.41, 5.74) is 15.2. The van der Waals surface area contributed by atoms with Gasteiger partial charge in [0.05, 0.1) is 45.2 Å². The topological polar surface area (TPSA) is 372 Å². The van der Waals surface area contributed by atoms with Crippen molar-refractivity contribution in [2.24, 2.45) is 0 Å². The molecule has 15 rings (SSSR count). The largest absolute Gasteiger partial charge is 0.298 e. The predicted octanol–water partition coefficient (Wildman–Crippen LogP) is 33.1. The van der Waals surface area contributed by atoms with E-state index in [9.17, 15) is 89.5 Å². The normalized spacial score (nSPS) is 9.40. The van der Waals surface area contributed by atoms with Gasteiger partial charge < -0.3 is 0 Å². The van der Waals surface area contributed by atoms with Crippen molar-refractivity contribution in [3.63, 3.8) is 0 Å². The molecule has 0 amide bonds. The van der Waals surface area contributed by atoms with Crippen LogP contribution < -0.4 is 0 Å². The third-order valence-corrected chi connectivity index (χ3v) is 25.1. The summed E-state index contributed by atoms with van der Waals surface area (Å²) in [6.07, 6.45) is 20.9. The molecule has 15 aromatic rings. The van der Waals surface area contributed by atoms with Gasteiger partial charge >= 0.3 is 0 Å². The second-order valence-corrected chi connectivity index (χ2v) is 42.2. The van der Waals surface area contributed by atoms with Crippen molar-refractivity contribution in [3.8, 4) is 0 Å². The Kier molecular flexibility index (Phi) is 71.4. The Bertz CT molecular complexity index is 6020. The molecular formula is C105H78Br15Cl2F4N9O15. The molecular weight excluding hydrogens is 2970 g/mol. The number of benzene rings is 8. The van der Waals surface area contributed by atoms with Gasteiger partial charge in [0.25, 0.3) is 0 Å². The fourth-order valence-corrected chi connectivity index (χ4v) is 16.6. The minimum Gasteiger partial charge on any atom is -0.298 e. The summed E-state index contributed by atoms with van der Waals surface area (Å²) in [7, 11) is 0. The summed E-state index contributed by atoms with van der Waals surface area (Å²) < 4.78 is 61.8. The van der Waals surface area contributed by atoms with Gasteiger partial charge in [-0.1, -0.05) is 187 Å². The number of carbonyl (C=O) groups excluding carboxylic acids is 15. The van der Waals surface area contributed by atoms with Crippen molar-refractivity contribution < 1.29 is 89.5 Å². The van der Waals surface area contributed by atoms with Crippen molar-refractivity contribution in [1.82, 2.24) is 44.9 Å². The molecule has 45 heteroatoms. The maximum Gasteiger partial charge on any atom is 0.224 e. The lowest BCUT2D eigenvalue weighted by molar-refractivity contribution is 0.110. The highest BCUT2D eigenvalue weighted by Crippen LogP contribution is 2.27. The molecule has 0 saturated heterocycles. The maximum absolute atomic E-state index is 12.7. The van der Waals surface area contributed by atoms with E-state index in [-0.39, 0.29) is 27.0 Å². The number of aldehydes is 15. The van der Waals surface area contributed by atoms with Gasteiger partial charge in [0.15, 0.2) is 67.6 Å². The Hall–Kier alpha value is -9.78. The predicted molar refractivity (Wildman–Crippen MR) is 626 cm³/mol. The van der Waals surface area contributed by atoms with E-state index < -0.39 is 29.0 Å². The van der Waals surface area contributed by atoms with Crippen LogP contribution in [0.4, 0.5) is 17.6 Å². The average Bonchev–Trinajstić information content (AvgIpc) is 0.856. The second kappa shape index (κ2) is 77.5. The molecule has 8 aromatic carbocycles. The van der Waals surface area contributed by atoms with E-state index in [4.69, 9.17) is 23.2 Å². The van der Waals surface area contributed by atoms with E-state index in [0.717, 1.165) is 176 Å². The van der Waals surface area contributed by atoms with Crippen LogP contribution in [-0.2, 0) is 0 Å². The number of hydrogen-bond acceptors (Lipinski definition) is 24. The Morgan fingerprint density at radius 1 is 0.213 bits per heavy atom. The van der Waals surface area contributed by atoms with Gasteiger partial charge in [-0.05, 0) is 363 Å². The molecule has 0 N–H and O–H groups in total. The Morgan fingerprint density at radius 3 is 0.847 bits per heavy atom. The van der Waals surface area contributed by atoms with E-state index in [0.29, 0.717) is 110 Å². The maximum atomic E-state index is 12.7. The standard InChI is InChI=1S/C8H6BrClO.4C8H7BrO.C7H5BrClNO.C7H3BrF2O.C7H5BrFNO.C7H4BrFO.2C7H6BrNO.C7H5BrO.C6H4BrNO.2C5H3BrN2O/c1-5-2-6(9)3-8(10)7(5)4-11;4*1-6-4-8(9)3-2-7(6)5-10;1-4-2-6(8)10-7(9)5(4)3-11;8-4-1-6(9)5(3-11)7(10)2-4;1-4-2-6(8)10-7(9)5(4)3-11;8-6-2-1-5(4-10)7(9)3-6;2*1-5-2-7(8)9-3-6(5)4-10;8-7-3-1-6(5-9)2-4-7;7-6-2-1-5(4-9)3-8-6;6-5-2-7-4(3-9)1-8-5;6-5-7-1-4(3-9)2-8-5/h2-4H,1H3;4*2-5H,1H3;2-3H,1H3;1-3H;2-3H,1H3;1-4H;2*2-4H,1H3;1-5H;1-4H;2*1-3H. The number of rotatable bonds is 15. The molecule has 0 aliphatic carbocycles. The molecule has 0 radical (unpaired) electrons. The zero-order valence-corrected chi connectivity index (χ0v) is 104. The third-order valence-electron chi connectivity index (χ3n) is 17.6.